The van der Waals surface area contributed by atoms with Gasteiger partial charge in [0.25, 0.3) is 0 Å². The molecule has 0 spiro atoms. The predicted molar refractivity (Wildman–Crippen MR) is 67.3 cm³/mol. The van der Waals surface area contributed by atoms with Gasteiger partial charge in [-0.3, -0.25) is 0 Å². The third-order valence-corrected chi connectivity index (χ3v) is 3.13. The molecule has 0 amide bonds. The van der Waals surface area contributed by atoms with E-state index in [4.69, 9.17) is 4.74 Å². The van der Waals surface area contributed by atoms with Crippen LogP contribution in [0.1, 0.15) is 5.69 Å². The van der Waals surface area contributed by atoms with Gasteiger partial charge < -0.3 is 9.64 Å². The molecule has 1 fully saturated rings. The highest BCUT2D eigenvalue weighted by Crippen LogP contribution is 2.20. The zero-order valence-electron chi connectivity index (χ0n) is 10.2. The first-order valence-corrected chi connectivity index (χ1v) is 6.00. The number of aromatic nitrogens is 2. The number of ether oxygens (including phenoxy) is 1. The number of rotatable bonds is 1. The number of benzene rings is 1. The van der Waals surface area contributed by atoms with E-state index in [0.29, 0.717) is 24.7 Å². The molecule has 2 heterocycles. The van der Waals surface area contributed by atoms with Crippen molar-refractivity contribution in [2.24, 2.45) is 0 Å². The molecule has 1 aromatic heterocycles. The van der Waals surface area contributed by atoms with Crippen LogP contribution in [0.5, 0.6) is 0 Å². The summed E-state index contributed by atoms with van der Waals surface area (Å²) in [5.41, 5.74) is 1.53. The smallest absolute Gasteiger partial charge is 0.226 e. The summed E-state index contributed by atoms with van der Waals surface area (Å²) in [5.74, 6) is 0.391. The molecule has 0 saturated carbocycles. The summed E-state index contributed by atoms with van der Waals surface area (Å²) in [5, 5.41) is 0.897. The molecule has 94 valence electrons. The van der Waals surface area contributed by atoms with E-state index in [1.54, 1.807) is 6.07 Å². The predicted octanol–water partition coefficient (Wildman–Crippen LogP) is 1.91. The number of hydrogen-bond acceptors (Lipinski definition) is 4. The Morgan fingerprint density at radius 1 is 1.22 bits per heavy atom. The van der Waals surface area contributed by atoms with E-state index in [9.17, 15) is 4.39 Å². The number of anilines is 1. The van der Waals surface area contributed by atoms with Gasteiger partial charge in [0, 0.05) is 24.5 Å². The summed E-state index contributed by atoms with van der Waals surface area (Å²) >= 11 is 0. The van der Waals surface area contributed by atoms with Gasteiger partial charge in [-0.2, -0.15) is 0 Å². The average molecular weight is 247 g/mol. The molecular formula is C13H14FN3O. The van der Waals surface area contributed by atoms with Crippen LogP contribution >= 0.6 is 0 Å². The molecule has 1 aromatic carbocycles. The Balaban J connectivity index is 2.07. The van der Waals surface area contributed by atoms with E-state index in [0.717, 1.165) is 24.2 Å². The zero-order valence-corrected chi connectivity index (χ0v) is 10.2. The van der Waals surface area contributed by atoms with Gasteiger partial charge in [-0.1, -0.05) is 0 Å². The average Bonchev–Trinajstić information content (AvgIpc) is 2.39. The van der Waals surface area contributed by atoms with Crippen molar-refractivity contribution >= 4 is 16.9 Å². The molecule has 0 radical (unpaired) electrons. The van der Waals surface area contributed by atoms with Crippen LogP contribution in [-0.2, 0) is 4.74 Å². The first kappa shape index (κ1) is 11.3. The maximum absolute atomic E-state index is 13.2. The van der Waals surface area contributed by atoms with Crippen LogP contribution < -0.4 is 4.90 Å². The maximum atomic E-state index is 13.2. The van der Waals surface area contributed by atoms with Crippen LogP contribution in [0, 0.1) is 12.7 Å². The molecule has 1 saturated heterocycles. The second-order valence-corrected chi connectivity index (χ2v) is 4.37. The zero-order chi connectivity index (χ0) is 12.5. The molecule has 0 bridgehead atoms. The quantitative estimate of drug-likeness (QED) is 0.771. The van der Waals surface area contributed by atoms with E-state index in [2.05, 4.69) is 14.9 Å². The highest BCUT2D eigenvalue weighted by molar-refractivity contribution is 5.81. The highest BCUT2D eigenvalue weighted by Gasteiger charge is 2.15. The third-order valence-electron chi connectivity index (χ3n) is 3.13. The number of fused-ring (bicyclic) bond motifs is 1. The summed E-state index contributed by atoms with van der Waals surface area (Å²) < 4.78 is 18.5. The topological polar surface area (TPSA) is 38.2 Å². The largest absolute Gasteiger partial charge is 0.378 e. The molecule has 0 aliphatic carbocycles. The van der Waals surface area contributed by atoms with Crippen molar-refractivity contribution in [2.45, 2.75) is 6.92 Å². The second-order valence-electron chi connectivity index (χ2n) is 4.37. The Morgan fingerprint density at radius 3 is 2.78 bits per heavy atom. The lowest BCUT2D eigenvalue weighted by Gasteiger charge is -2.27. The minimum absolute atomic E-state index is 0.270. The first-order chi connectivity index (χ1) is 8.74. The van der Waals surface area contributed by atoms with Gasteiger partial charge in [0.1, 0.15) is 5.82 Å². The Morgan fingerprint density at radius 2 is 2.00 bits per heavy atom. The molecule has 4 nitrogen and oxygen atoms in total. The number of halogens is 1. The summed E-state index contributed by atoms with van der Waals surface area (Å²) in [6, 6.07) is 4.62. The summed E-state index contributed by atoms with van der Waals surface area (Å²) in [6.45, 7) is 4.85. The fraction of sp³-hybridized carbons (Fsp3) is 0.385. The lowest BCUT2D eigenvalue weighted by molar-refractivity contribution is 0.122. The van der Waals surface area contributed by atoms with Crippen molar-refractivity contribution in [3.63, 3.8) is 0 Å². The van der Waals surface area contributed by atoms with Crippen LogP contribution in [0.3, 0.4) is 0 Å². The van der Waals surface area contributed by atoms with Crippen molar-refractivity contribution in [3.8, 4) is 0 Å². The lowest BCUT2D eigenvalue weighted by atomic mass is 10.2. The third kappa shape index (κ3) is 2.01. The van der Waals surface area contributed by atoms with Crippen molar-refractivity contribution in [1.29, 1.82) is 0 Å². The SMILES string of the molecule is Cc1nc(N2CCOCC2)nc2cc(F)ccc12. The summed E-state index contributed by atoms with van der Waals surface area (Å²) in [4.78, 5) is 11.0. The lowest BCUT2D eigenvalue weighted by Crippen LogP contribution is -2.37. The van der Waals surface area contributed by atoms with Crippen molar-refractivity contribution in [2.75, 3.05) is 31.2 Å². The number of nitrogens with zero attached hydrogens (tertiary/aromatic N) is 3. The highest BCUT2D eigenvalue weighted by atomic mass is 19.1. The molecule has 0 unspecified atom stereocenters. The van der Waals surface area contributed by atoms with Crippen LogP contribution in [0.25, 0.3) is 10.9 Å². The molecule has 18 heavy (non-hydrogen) atoms. The maximum Gasteiger partial charge on any atom is 0.226 e. The molecule has 5 heteroatoms. The van der Waals surface area contributed by atoms with Crippen LogP contribution in [-0.4, -0.2) is 36.3 Å². The van der Waals surface area contributed by atoms with Gasteiger partial charge in [0.05, 0.1) is 24.4 Å². The molecule has 0 N–H and O–H groups in total. The van der Waals surface area contributed by atoms with E-state index in [1.165, 1.54) is 12.1 Å². The van der Waals surface area contributed by atoms with Crippen molar-refractivity contribution < 1.29 is 9.13 Å². The Labute approximate surface area is 104 Å². The summed E-state index contributed by atoms with van der Waals surface area (Å²) in [7, 11) is 0. The van der Waals surface area contributed by atoms with Crippen LogP contribution in [0.2, 0.25) is 0 Å². The Bertz CT molecular complexity index is 582. The van der Waals surface area contributed by atoms with Gasteiger partial charge in [-0.05, 0) is 19.1 Å². The van der Waals surface area contributed by atoms with E-state index < -0.39 is 0 Å². The molecule has 1 aliphatic rings. The van der Waals surface area contributed by atoms with Crippen LogP contribution in [0.15, 0.2) is 18.2 Å². The standard InChI is InChI=1S/C13H14FN3O/c1-9-11-3-2-10(14)8-12(11)16-13(15-9)17-4-6-18-7-5-17/h2-3,8H,4-7H2,1H3. The summed E-state index contributed by atoms with van der Waals surface area (Å²) in [6.07, 6.45) is 0. The van der Waals surface area contributed by atoms with Gasteiger partial charge >= 0.3 is 0 Å². The van der Waals surface area contributed by atoms with Crippen molar-refractivity contribution in [1.82, 2.24) is 9.97 Å². The number of aryl methyl sites for hydroxylation is 1. The molecule has 3 rings (SSSR count). The minimum Gasteiger partial charge on any atom is -0.378 e. The second kappa shape index (κ2) is 4.49. The number of morpholine rings is 1. The Kier molecular flexibility index (Phi) is 2.83. The van der Waals surface area contributed by atoms with E-state index >= 15 is 0 Å². The van der Waals surface area contributed by atoms with E-state index in [-0.39, 0.29) is 5.82 Å². The molecule has 0 atom stereocenters. The molecule has 2 aromatic rings. The van der Waals surface area contributed by atoms with Crippen molar-refractivity contribution in [3.05, 3.63) is 29.7 Å². The van der Waals surface area contributed by atoms with Crippen LogP contribution in [0.4, 0.5) is 10.3 Å². The van der Waals surface area contributed by atoms with E-state index in [1.807, 2.05) is 6.92 Å². The number of hydrogen-bond donors (Lipinski definition) is 0. The van der Waals surface area contributed by atoms with Gasteiger partial charge in [-0.15, -0.1) is 0 Å². The monoisotopic (exact) mass is 247 g/mol. The first-order valence-electron chi connectivity index (χ1n) is 6.00. The normalized spacial score (nSPS) is 16.2. The Hall–Kier alpha value is -1.75. The van der Waals surface area contributed by atoms with Gasteiger partial charge in [0.15, 0.2) is 0 Å². The van der Waals surface area contributed by atoms with Gasteiger partial charge in [0.2, 0.25) is 5.95 Å². The van der Waals surface area contributed by atoms with Gasteiger partial charge in [-0.25, -0.2) is 14.4 Å². The minimum atomic E-state index is -0.270. The fourth-order valence-electron chi connectivity index (χ4n) is 2.15. The molecular weight excluding hydrogens is 233 g/mol. The molecule has 1 aliphatic heterocycles. The fourth-order valence-corrected chi connectivity index (χ4v) is 2.15.